The highest BCUT2D eigenvalue weighted by atomic mass is 35.5. The number of para-hydroxylation sites is 1. The number of halogens is 1. The minimum absolute atomic E-state index is 0.628. The molecule has 0 fully saturated rings. The van der Waals surface area contributed by atoms with Crippen LogP contribution in [0.15, 0.2) is 48.5 Å². The fourth-order valence-electron chi connectivity index (χ4n) is 3.02. The quantitative estimate of drug-likeness (QED) is 0.882. The first-order chi connectivity index (χ1) is 10.2. The predicted molar refractivity (Wildman–Crippen MR) is 90.1 cm³/mol. The van der Waals surface area contributed by atoms with Gasteiger partial charge in [0.05, 0.1) is 0 Å². The predicted octanol–water partition coefficient (Wildman–Crippen LogP) is 4.37. The van der Waals surface area contributed by atoms with Gasteiger partial charge in [-0.15, -0.1) is 0 Å². The Hall–Kier alpha value is -1.51. The Morgan fingerprint density at radius 2 is 2.05 bits per heavy atom. The van der Waals surface area contributed by atoms with Gasteiger partial charge in [-0.05, 0) is 49.3 Å². The van der Waals surface area contributed by atoms with E-state index in [1.54, 1.807) is 0 Å². The highest BCUT2D eigenvalue weighted by molar-refractivity contribution is 6.30. The van der Waals surface area contributed by atoms with Gasteiger partial charge in [0.2, 0.25) is 0 Å². The van der Waals surface area contributed by atoms with Crippen molar-refractivity contribution in [2.45, 2.75) is 18.9 Å². The molecule has 1 heterocycles. The second kappa shape index (κ2) is 6.50. The Balaban J connectivity index is 1.54. The summed E-state index contributed by atoms with van der Waals surface area (Å²) in [6.07, 6.45) is 1.18. The van der Waals surface area contributed by atoms with Crippen LogP contribution in [0.3, 0.4) is 0 Å². The van der Waals surface area contributed by atoms with Crippen molar-refractivity contribution in [1.82, 2.24) is 4.90 Å². The van der Waals surface area contributed by atoms with E-state index < -0.39 is 0 Å². The second-order valence-electron chi connectivity index (χ2n) is 5.82. The number of anilines is 1. The molecule has 1 aliphatic rings. The molecule has 1 unspecified atom stereocenters. The minimum atomic E-state index is 0.628. The van der Waals surface area contributed by atoms with Gasteiger partial charge < -0.3 is 10.2 Å². The van der Waals surface area contributed by atoms with E-state index >= 15 is 0 Å². The fourth-order valence-corrected chi connectivity index (χ4v) is 3.23. The highest BCUT2D eigenvalue weighted by Gasteiger charge is 2.21. The van der Waals surface area contributed by atoms with Gasteiger partial charge in [-0.2, -0.15) is 0 Å². The van der Waals surface area contributed by atoms with Crippen molar-refractivity contribution in [3.63, 3.8) is 0 Å². The third kappa shape index (κ3) is 3.58. The van der Waals surface area contributed by atoms with Gasteiger partial charge in [0.15, 0.2) is 0 Å². The van der Waals surface area contributed by atoms with E-state index in [1.807, 2.05) is 18.2 Å². The molecule has 21 heavy (non-hydrogen) atoms. The molecule has 1 atom stereocenters. The molecule has 0 bridgehead atoms. The van der Waals surface area contributed by atoms with Gasteiger partial charge >= 0.3 is 0 Å². The first-order valence-corrected chi connectivity index (χ1v) is 7.86. The van der Waals surface area contributed by atoms with Gasteiger partial charge in [-0.1, -0.05) is 41.9 Å². The fraction of sp³-hybridized carbons (Fsp3) is 0.333. The summed E-state index contributed by atoms with van der Waals surface area (Å²) < 4.78 is 0. The molecule has 3 rings (SSSR count). The van der Waals surface area contributed by atoms with Crippen molar-refractivity contribution >= 4 is 17.3 Å². The molecule has 2 aromatic carbocycles. The Morgan fingerprint density at radius 3 is 2.90 bits per heavy atom. The van der Waals surface area contributed by atoms with E-state index in [2.05, 4.69) is 47.6 Å². The van der Waals surface area contributed by atoms with E-state index in [9.17, 15) is 0 Å². The number of fused-ring (bicyclic) bond motifs is 1. The van der Waals surface area contributed by atoms with Crippen molar-refractivity contribution in [3.05, 3.63) is 64.7 Å². The Morgan fingerprint density at radius 1 is 1.19 bits per heavy atom. The van der Waals surface area contributed by atoms with E-state index in [4.69, 9.17) is 11.6 Å². The standard InChI is InChI=1S/C18H21ClN2/c1-21(13-14-5-4-6-16(19)11-14)10-9-15-12-20-18-8-3-2-7-17(15)18/h2-8,11,15,20H,9-10,12-13H2,1H3. The summed E-state index contributed by atoms with van der Waals surface area (Å²) in [7, 11) is 2.18. The number of benzene rings is 2. The molecule has 0 aromatic heterocycles. The third-order valence-corrected chi connectivity index (χ3v) is 4.38. The van der Waals surface area contributed by atoms with E-state index in [-0.39, 0.29) is 0 Å². The lowest BCUT2D eigenvalue weighted by Crippen LogP contribution is -2.21. The van der Waals surface area contributed by atoms with Crippen molar-refractivity contribution < 1.29 is 0 Å². The van der Waals surface area contributed by atoms with Gasteiger partial charge in [-0.3, -0.25) is 0 Å². The molecule has 0 amide bonds. The molecule has 0 spiro atoms. The summed E-state index contributed by atoms with van der Waals surface area (Å²) in [6, 6.07) is 16.8. The van der Waals surface area contributed by atoms with Crippen LogP contribution in [-0.2, 0) is 6.54 Å². The van der Waals surface area contributed by atoms with Crippen LogP contribution in [0.5, 0.6) is 0 Å². The summed E-state index contributed by atoms with van der Waals surface area (Å²) in [5.41, 5.74) is 4.04. The Bertz CT molecular complexity index is 612. The first-order valence-electron chi connectivity index (χ1n) is 7.48. The maximum atomic E-state index is 6.04. The van der Waals surface area contributed by atoms with Crippen LogP contribution in [0.4, 0.5) is 5.69 Å². The molecule has 0 saturated heterocycles. The summed E-state index contributed by atoms with van der Waals surface area (Å²) >= 11 is 6.04. The van der Waals surface area contributed by atoms with E-state index in [1.165, 1.54) is 23.2 Å². The van der Waals surface area contributed by atoms with Crippen molar-refractivity contribution in [1.29, 1.82) is 0 Å². The number of nitrogens with zero attached hydrogens (tertiary/aromatic N) is 1. The SMILES string of the molecule is CN(CCC1CNc2ccccc21)Cc1cccc(Cl)c1. The van der Waals surface area contributed by atoms with Crippen molar-refractivity contribution in [3.8, 4) is 0 Å². The largest absolute Gasteiger partial charge is 0.384 e. The van der Waals surface area contributed by atoms with Gasteiger partial charge in [0.25, 0.3) is 0 Å². The molecule has 0 aliphatic carbocycles. The lowest BCUT2D eigenvalue weighted by Gasteiger charge is -2.19. The summed E-state index contributed by atoms with van der Waals surface area (Å²) in [5.74, 6) is 0.628. The molecule has 0 radical (unpaired) electrons. The number of rotatable bonds is 5. The van der Waals surface area contributed by atoms with Crippen molar-refractivity contribution in [2.75, 3.05) is 25.5 Å². The van der Waals surface area contributed by atoms with Crippen LogP contribution in [0.2, 0.25) is 5.02 Å². The van der Waals surface area contributed by atoms with Crippen LogP contribution >= 0.6 is 11.6 Å². The summed E-state index contributed by atoms with van der Waals surface area (Å²) in [6.45, 7) is 3.10. The van der Waals surface area contributed by atoms with Crippen LogP contribution in [0.1, 0.15) is 23.5 Å². The number of nitrogens with one attached hydrogen (secondary N) is 1. The first kappa shape index (κ1) is 14.4. The molecule has 1 N–H and O–H groups in total. The molecule has 1 aliphatic heterocycles. The van der Waals surface area contributed by atoms with E-state index in [0.717, 1.165) is 24.7 Å². The molecular weight excluding hydrogens is 280 g/mol. The highest BCUT2D eigenvalue weighted by Crippen LogP contribution is 2.33. The topological polar surface area (TPSA) is 15.3 Å². The zero-order valence-corrected chi connectivity index (χ0v) is 13.1. The zero-order valence-electron chi connectivity index (χ0n) is 12.3. The van der Waals surface area contributed by atoms with E-state index in [0.29, 0.717) is 5.92 Å². The second-order valence-corrected chi connectivity index (χ2v) is 6.26. The van der Waals surface area contributed by atoms with Crippen molar-refractivity contribution in [2.24, 2.45) is 0 Å². The average molecular weight is 301 g/mol. The average Bonchev–Trinajstić information content (AvgIpc) is 2.88. The lowest BCUT2D eigenvalue weighted by molar-refractivity contribution is 0.313. The maximum absolute atomic E-state index is 6.04. The monoisotopic (exact) mass is 300 g/mol. The molecule has 3 heteroatoms. The van der Waals surface area contributed by atoms with Gasteiger partial charge in [-0.25, -0.2) is 0 Å². The van der Waals surface area contributed by atoms with Crippen LogP contribution in [-0.4, -0.2) is 25.0 Å². The van der Waals surface area contributed by atoms with Gasteiger partial charge in [0.1, 0.15) is 0 Å². The molecule has 2 nitrogen and oxygen atoms in total. The third-order valence-electron chi connectivity index (χ3n) is 4.14. The molecular formula is C18H21ClN2. The number of hydrogen-bond acceptors (Lipinski definition) is 2. The minimum Gasteiger partial charge on any atom is -0.384 e. The lowest BCUT2D eigenvalue weighted by atomic mass is 9.98. The maximum Gasteiger partial charge on any atom is 0.0409 e. The Kier molecular flexibility index (Phi) is 4.47. The van der Waals surface area contributed by atoms with Crippen LogP contribution < -0.4 is 5.32 Å². The molecule has 0 saturated carbocycles. The van der Waals surface area contributed by atoms with Crippen LogP contribution in [0, 0.1) is 0 Å². The molecule has 2 aromatic rings. The smallest absolute Gasteiger partial charge is 0.0409 e. The van der Waals surface area contributed by atoms with Gasteiger partial charge in [0, 0.05) is 29.7 Å². The Labute approximate surface area is 131 Å². The zero-order chi connectivity index (χ0) is 14.7. The summed E-state index contributed by atoms with van der Waals surface area (Å²) in [5, 5.41) is 4.31. The summed E-state index contributed by atoms with van der Waals surface area (Å²) in [4.78, 5) is 2.37. The normalized spacial score (nSPS) is 16.8. The molecule has 110 valence electrons. The van der Waals surface area contributed by atoms with Crippen LogP contribution in [0.25, 0.3) is 0 Å². The number of hydrogen-bond donors (Lipinski definition) is 1.